The minimum Gasteiger partial charge on any atom is -0.507 e. The molecule has 0 saturated carbocycles. The minimum atomic E-state index is -1.46. The Hall–Kier alpha value is -3.72. The van der Waals surface area contributed by atoms with Crippen LogP contribution in [-0.2, 0) is 0 Å². The van der Waals surface area contributed by atoms with E-state index < -0.39 is 40.2 Å². The Labute approximate surface area is 170 Å². The van der Waals surface area contributed by atoms with Gasteiger partial charge in [-0.2, -0.15) is 0 Å². The molecule has 1 amide bonds. The molecule has 0 atom stereocenters. The predicted octanol–water partition coefficient (Wildman–Crippen LogP) is 0.959. The number of carboxylic acid groups (broad SMARTS) is 1. The molecule has 30 heavy (non-hydrogen) atoms. The summed E-state index contributed by atoms with van der Waals surface area (Å²) in [7, 11) is 1.94. The van der Waals surface area contributed by atoms with E-state index in [4.69, 9.17) is 5.11 Å². The number of carbonyl (C=O) groups excluding carboxylic acids is 3. The molecule has 1 aliphatic carbocycles. The number of hydrogen-bond acceptors (Lipinski definition) is 7. The summed E-state index contributed by atoms with van der Waals surface area (Å²) in [6.45, 7) is 2.38. The molecule has 0 unspecified atom stereocenters. The molecule has 1 fully saturated rings. The van der Waals surface area contributed by atoms with E-state index in [9.17, 15) is 29.4 Å². The number of amides is 1. The van der Waals surface area contributed by atoms with E-state index >= 15 is 0 Å². The first-order chi connectivity index (χ1) is 14.2. The van der Waals surface area contributed by atoms with Crippen LogP contribution in [0.4, 0.5) is 0 Å². The fourth-order valence-corrected chi connectivity index (χ4v) is 3.81. The lowest BCUT2D eigenvalue weighted by Crippen LogP contribution is -2.47. The van der Waals surface area contributed by atoms with Crippen molar-refractivity contribution >= 4 is 23.4 Å². The van der Waals surface area contributed by atoms with E-state index in [0.717, 1.165) is 18.2 Å². The van der Waals surface area contributed by atoms with Crippen molar-refractivity contribution in [2.45, 2.75) is 0 Å². The molecule has 3 N–H and O–H groups in total. The molecule has 9 nitrogen and oxygen atoms in total. The number of nitrogens with zero attached hydrogens (tertiary/aromatic N) is 2. The standard InChI is InChI=1S/C21H18N2O7/c1-22-4-6-23(7-5-22)20(28)10-8-13-15(14(24)9-10)19(27)16-11(17(13)25)2-3-12(18(16)26)21(29)30/h2-3,8-9,24,26H,4-7H2,1H3,(H,29,30). The number of likely N-dealkylation sites (N-methyl/N-ethyl adjacent to an activating group) is 1. The second-order valence-electron chi connectivity index (χ2n) is 7.36. The van der Waals surface area contributed by atoms with Gasteiger partial charge in [0.2, 0.25) is 5.78 Å². The Bertz CT molecular complexity index is 1130. The van der Waals surface area contributed by atoms with Crippen molar-refractivity contribution in [1.29, 1.82) is 0 Å². The molecule has 4 rings (SSSR count). The zero-order valence-corrected chi connectivity index (χ0v) is 16.0. The molecule has 0 spiro atoms. The lowest BCUT2D eigenvalue weighted by molar-refractivity contribution is 0.0660. The van der Waals surface area contributed by atoms with Gasteiger partial charge in [0.1, 0.15) is 17.1 Å². The van der Waals surface area contributed by atoms with Crippen LogP contribution in [0.1, 0.15) is 52.6 Å². The molecule has 2 aromatic carbocycles. The summed E-state index contributed by atoms with van der Waals surface area (Å²) in [5, 5.41) is 29.9. The summed E-state index contributed by atoms with van der Waals surface area (Å²) in [6.07, 6.45) is 0. The van der Waals surface area contributed by atoms with Crippen LogP contribution in [0.5, 0.6) is 11.5 Å². The average molecular weight is 410 g/mol. The zero-order chi connectivity index (χ0) is 21.7. The lowest BCUT2D eigenvalue weighted by atomic mass is 9.81. The van der Waals surface area contributed by atoms with Gasteiger partial charge in [0, 0.05) is 42.9 Å². The van der Waals surface area contributed by atoms with Crippen LogP contribution in [0.15, 0.2) is 24.3 Å². The molecule has 0 aromatic heterocycles. The number of rotatable bonds is 2. The molecule has 154 valence electrons. The number of aromatic hydroxyl groups is 2. The van der Waals surface area contributed by atoms with Gasteiger partial charge in [-0.15, -0.1) is 0 Å². The molecule has 9 heteroatoms. The monoisotopic (exact) mass is 410 g/mol. The Morgan fingerprint density at radius 3 is 2.20 bits per heavy atom. The lowest BCUT2D eigenvalue weighted by Gasteiger charge is -2.32. The third kappa shape index (κ3) is 2.91. The zero-order valence-electron chi connectivity index (χ0n) is 16.0. The number of fused-ring (bicyclic) bond motifs is 2. The Kier molecular flexibility index (Phi) is 4.54. The highest BCUT2D eigenvalue weighted by Crippen LogP contribution is 2.38. The SMILES string of the molecule is CN1CCN(C(=O)c2cc(O)c3c(c2)C(=O)c2ccc(C(=O)O)c(O)c2C3=O)CC1. The summed E-state index contributed by atoms with van der Waals surface area (Å²) in [5.74, 6) is -4.79. The molecular formula is C21H18N2O7. The second kappa shape index (κ2) is 6.96. The number of carboxylic acids is 1. The summed E-state index contributed by atoms with van der Waals surface area (Å²) in [4.78, 5) is 53.7. The van der Waals surface area contributed by atoms with E-state index in [1.165, 1.54) is 6.07 Å². The molecule has 1 saturated heterocycles. The summed E-state index contributed by atoms with van der Waals surface area (Å²) >= 11 is 0. The van der Waals surface area contributed by atoms with E-state index in [1.54, 1.807) is 4.90 Å². The van der Waals surface area contributed by atoms with Gasteiger partial charge in [-0.1, -0.05) is 0 Å². The molecule has 0 bridgehead atoms. The summed E-state index contributed by atoms with van der Waals surface area (Å²) in [6, 6.07) is 4.56. The first-order valence-corrected chi connectivity index (χ1v) is 9.24. The fourth-order valence-electron chi connectivity index (χ4n) is 3.81. The minimum absolute atomic E-state index is 0.0757. The first kappa shape index (κ1) is 19.6. The number of ketones is 2. The molecule has 1 heterocycles. The number of phenols is 2. The number of hydrogen-bond donors (Lipinski definition) is 3. The van der Waals surface area contributed by atoms with Gasteiger partial charge in [-0.3, -0.25) is 14.4 Å². The van der Waals surface area contributed by atoms with Crippen molar-refractivity contribution in [3.63, 3.8) is 0 Å². The maximum absolute atomic E-state index is 13.0. The Morgan fingerprint density at radius 2 is 1.57 bits per heavy atom. The largest absolute Gasteiger partial charge is 0.507 e. The Balaban J connectivity index is 1.79. The molecule has 2 aliphatic rings. The van der Waals surface area contributed by atoms with Gasteiger partial charge in [-0.25, -0.2) is 4.79 Å². The van der Waals surface area contributed by atoms with Crippen LogP contribution >= 0.6 is 0 Å². The predicted molar refractivity (Wildman–Crippen MR) is 103 cm³/mol. The number of carbonyl (C=O) groups is 4. The normalized spacial score (nSPS) is 16.2. The quantitative estimate of drug-likeness (QED) is 0.568. The van der Waals surface area contributed by atoms with Crippen LogP contribution in [0.3, 0.4) is 0 Å². The highest BCUT2D eigenvalue weighted by Gasteiger charge is 2.37. The number of aromatic carboxylic acids is 1. The van der Waals surface area contributed by atoms with Crippen LogP contribution in [0, 0.1) is 0 Å². The maximum Gasteiger partial charge on any atom is 0.339 e. The highest BCUT2D eigenvalue weighted by molar-refractivity contribution is 6.31. The van der Waals surface area contributed by atoms with Crippen molar-refractivity contribution in [3.05, 3.63) is 57.6 Å². The van der Waals surface area contributed by atoms with Gasteiger partial charge in [0.25, 0.3) is 5.91 Å². The number of piperazine rings is 1. The van der Waals surface area contributed by atoms with Gasteiger partial charge < -0.3 is 25.1 Å². The highest BCUT2D eigenvalue weighted by atomic mass is 16.4. The van der Waals surface area contributed by atoms with Crippen molar-refractivity contribution in [2.24, 2.45) is 0 Å². The van der Waals surface area contributed by atoms with Crippen molar-refractivity contribution in [1.82, 2.24) is 9.80 Å². The van der Waals surface area contributed by atoms with Gasteiger partial charge in [0.05, 0.1) is 11.1 Å². The van der Waals surface area contributed by atoms with Crippen molar-refractivity contribution in [2.75, 3.05) is 33.2 Å². The van der Waals surface area contributed by atoms with E-state index in [1.807, 2.05) is 7.05 Å². The van der Waals surface area contributed by atoms with E-state index in [0.29, 0.717) is 26.2 Å². The van der Waals surface area contributed by atoms with Crippen LogP contribution in [0.25, 0.3) is 0 Å². The third-order valence-electron chi connectivity index (χ3n) is 5.51. The van der Waals surface area contributed by atoms with Crippen molar-refractivity contribution < 1.29 is 34.5 Å². The van der Waals surface area contributed by atoms with Crippen LogP contribution < -0.4 is 0 Å². The van der Waals surface area contributed by atoms with Crippen molar-refractivity contribution in [3.8, 4) is 11.5 Å². The van der Waals surface area contributed by atoms with Crippen LogP contribution in [0.2, 0.25) is 0 Å². The van der Waals surface area contributed by atoms with E-state index in [2.05, 4.69) is 4.90 Å². The average Bonchev–Trinajstić information content (AvgIpc) is 2.71. The molecular weight excluding hydrogens is 392 g/mol. The summed E-state index contributed by atoms with van der Waals surface area (Å²) in [5.41, 5.74) is -1.63. The smallest absolute Gasteiger partial charge is 0.339 e. The molecule has 0 radical (unpaired) electrons. The fraction of sp³-hybridized carbons (Fsp3) is 0.238. The number of phenolic OH excluding ortho intramolecular Hbond substituents is 1. The first-order valence-electron chi connectivity index (χ1n) is 9.24. The second-order valence-corrected chi connectivity index (χ2v) is 7.36. The Morgan fingerprint density at radius 1 is 0.900 bits per heavy atom. The van der Waals surface area contributed by atoms with E-state index in [-0.39, 0.29) is 28.2 Å². The van der Waals surface area contributed by atoms with Crippen LogP contribution in [-0.4, -0.2) is 81.8 Å². The topological polar surface area (TPSA) is 135 Å². The molecule has 2 aromatic rings. The number of benzene rings is 2. The summed E-state index contributed by atoms with van der Waals surface area (Å²) < 4.78 is 0. The maximum atomic E-state index is 13.0. The van der Waals surface area contributed by atoms with Gasteiger partial charge in [-0.05, 0) is 31.3 Å². The van der Waals surface area contributed by atoms with Gasteiger partial charge in [0.15, 0.2) is 5.78 Å². The molecule has 1 aliphatic heterocycles. The third-order valence-corrected chi connectivity index (χ3v) is 5.51. The van der Waals surface area contributed by atoms with Gasteiger partial charge >= 0.3 is 5.97 Å².